The monoisotopic (exact) mass is 257 g/mol. The molecule has 1 saturated heterocycles. The standard InChI is InChI=1S/C14H31N3O/c1-13(10-15-7-5-9-18-4)17(3)12-14-6-8-16(2)11-14/h13-15H,5-12H2,1-4H3. The van der Waals surface area contributed by atoms with Crippen LogP contribution in [-0.2, 0) is 4.74 Å². The highest BCUT2D eigenvalue weighted by Crippen LogP contribution is 2.15. The molecule has 1 fully saturated rings. The van der Waals surface area contributed by atoms with Crippen molar-refractivity contribution in [3.63, 3.8) is 0 Å². The highest BCUT2D eigenvalue weighted by Gasteiger charge is 2.22. The summed E-state index contributed by atoms with van der Waals surface area (Å²) in [5, 5.41) is 3.50. The van der Waals surface area contributed by atoms with Crippen LogP contribution >= 0.6 is 0 Å². The van der Waals surface area contributed by atoms with Crippen molar-refractivity contribution in [3.8, 4) is 0 Å². The Morgan fingerprint density at radius 3 is 2.89 bits per heavy atom. The smallest absolute Gasteiger partial charge is 0.0474 e. The van der Waals surface area contributed by atoms with E-state index in [2.05, 4.69) is 36.1 Å². The van der Waals surface area contributed by atoms with Crippen LogP contribution < -0.4 is 5.32 Å². The number of likely N-dealkylation sites (tertiary alicyclic amines) is 1. The van der Waals surface area contributed by atoms with E-state index in [0.29, 0.717) is 6.04 Å². The largest absolute Gasteiger partial charge is 0.385 e. The molecular formula is C14H31N3O. The zero-order valence-electron chi connectivity index (χ0n) is 12.6. The molecule has 1 rings (SSSR count). The van der Waals surface area contributed by atoms with Crippen molar-refractivity contribution in [3.05, 3.63) is 0 Å². The minimum atomic E-state index is 0.610. The molecule has 18 heavy (non-hydrogen) atoms. The van der Waals surface area contributed by atoms with Gasteiger partial charge in [-0.2, -0.15) is 0 Å². The van der Waals surface area contributed by atoms with Gasteiger partial charge < -0.3 is 19.9 Å². The third-order valence-corrected chi connectivity index (χ3v) is 3.93. The molecule has 1 N–H and O–H groups in total. The Labute approximate surface area is 113 Å². The summed E-state index contributed by atoms with van der Waals surface area (Å²) < 4.78 is 5.04. The predicted octanol–water partition coefficient (Wildman–Crippen LogP) is 0.885. The summed E-state index contributed by atoms with van der Waals surface area (Å²) in [7, 11) is 6.23. The van der Waals surface area contributed by atoms with Crippen LogP contribution in [0.3, 0.4) is 0 Å². The molecule has 0 aromatic carbocycles. The molecule has 0 saturated carbocycles. The lowest BCUT2D eigenvalue weighted by atomic mass is 10.1. The average molecular weight is 257 g/mol. The first kappa shape index (κ1) is 15.9. The van der Waals surface area contributed by atoms with E-state index in [9.17, 15) is 0 Å². The van der Waals surface area contributed by atoms with Crippen molar-refractivity contribution in [2.75, 3.05) is 60.5 Å². The van der Waals surface area contributed by atoms with Crippen LogP contribution in [0.15, 0.2) is 0 Å². The lowest BCUT2D eigenvalue weighted by Crippen LogP contribution is -2.41. The molecule has 0 aliphatic carbocycles. The Balaban J connectivity index is 2.07. The summed E-state index contributed by atoms with van der Waals surface area (Å²) in [6.07, 6.45) is 2.45. The number of hydrogen-bond donors (Lipinski definition) is 1. The fraction of sp³-hybridized carbons (Fsp3) is 1.00. The maximum Gasteiger partial charge on any atom is 0.0474 e. The second-order valence-electron chi connectivity index (χ2n) is 5.76. The highest BCUT2D eigenvalue weighted by molar-refractivity contribution is 4.77. The lowest BCUT2D eigenvalue weighted by Gasteiger charge is -2.27. The number of hydrogen-bond acceptors (Lipinski definition) is 4. The van der Waals surface area contributed by atoms with Crippen molar-refractivity contribution in [2.45, 2.75) is 25.8 Å². The minimum absolute atomic E-state index is 0.610. The van der Waals surface area contributed by atoms with Crippen LogP contribution in [0, 0.1) is 5.92 Å². The summed E-state index contributed by atoms with van der Waals surface area (Å²) in [5.74, 6) is 0.857. The fourth-order valence-corrected chi connectivity index (χ4v) is 2.57. The van der Waals surface area contributed by atoms with E-state index in [0.717, 1.165) is 32.0 Å². The quantitative estimate of drug-likeness (QED) is 0.621. The van der Waals surface area contributed by atoms with E-state index in [-0.39, 0.29) is 0 Å². The number of methoxy groups -OCH3 is 1. The first-order valence-corrected chi connectivity index (χ1v) is 7.22. The number of ether oxygens (including phenoxy) is 1. The van der Waals surface area contributed by atoms with Crippen LogP contribution in [0.25, 0.3) is 0 Å². The Hall–Kier alpha value is -0.160. The van der Waals surface area contributed by atoms with Gasteiger partial charge in [-0.1, -0.05) is 0 Å². The lowest BCUT2D eigenvalue weighted by molar-refractivity contribution is 0.189. The Morgan fingerprint density at radius 1 is 1.50 bits per heavy atom. The maximum absolute atomic E-state index is 5.04. The van der Waals surface area contributed by atoms with Crippen LogP contribution in [0.2, 0.25) is 0 Å². The topological polar surface area (TPSA) is 27.7 Å². The van der Waals surface area contributed by atoms with Gasteiger partial charge in [-0.15, -0.1) is 0 Å². The van der Waals surface area contributed by atoms with Crippen LogP contribution in [0.1, 0.15) is 19.8 Å². The average Bonchev–Trinajstić information content (AvgIpc) is 2.74. The molecular weight excluding hydrogens is 226 g/mol. The third kappa shape index (κ3) is 6.14. The Bertz CT molecular complexity index is 213. The van der Waals surface area contributed by atoms with Crippen LogP contribution in [0.4, 0.5) is 0 Å². The van der Waals surface area contributed by atoms with Gasteiger partial charge in [0.25, 0.3) is 0 Å². The van der Waals surface area contributed by atoms with Crippen molar-refractivity contribution in [1.29, 1.82) is 0 Å². The molecule has 4 nitrogen and oxygen atoms in total. The molecule has 0 amide bonds. The van der Waals surface area contributed by atoms with Crippen molar-refractivity contribution in [2.24, 2.45) is 5.92 Å². The SMILES string of the molecule is COCCCNCC(C)N(C)CC1CCN(C)C1. The molecule has 108 valence electrons. The van der Waals surface area contributed by atoms with E-state index >= 15 is 0 Å². The summed E-state index contributed by atoms with van der Waals surface area (Å²) in [4.78, 5) is 4.93. The van der Waals surface area contributed by atoms with Crippen LogP contribution in [-0.4, -0.2) is 76.4 Å². The molecule has 0 aromatic rings. The molecule has 0 spiro atoms. The fourth-order valence-electron chi connectivity index (χ4n) is 2.57. The zero-order chi connectivity index (χ0) is 13.4. The number of likely N-dealkylation sites (N-methyl/N-ethyl adjacent to an activating group) is 1. The van der Waals surface area contributed by atoms with Crippen molar-refractivity contribution >= 4 is 0 Å². The van der Waals surface area contributed by atoms with E-state index in [1.807, 2.05) is 0 Å². The summed E-state index contributed by atoms with van der Waals surface area (Å²) >= 11 is 0. The van der Waals surface area contributed by atoms with Gasteiger partial charge in [-0.3, -0.25) is 0 Å². The highest BCUT2D eigenvalue weighted by atomic mass is 16.5. The Morgan fingerprint density at radius 2 is 2.28 bits per heavy atom. The van der Waals surface area contributed by atoms with Crippen LogP contribution in [0.5, 0.6) is 0 Å². The molecule has 0 radical (unpaired) electrons. The molecule has 0 aromatic heterocycles. The van der Waals surface area contributed by atoms with Gasteiger partial charge in [-0.25, -0.2) is 0 Å². The summed E-state index contributed by atoms with van der Waals surface area (Å²) in [5.41, 5.74) is 0. The number of nitrogens with zero attached hydrogens (tertiary/aromatic N) is 2. The van der Waals surface area contributed by atoms with Gasteiger partial charge in [-0.05, 0) is 52.9 Å². The minimum Gasteiger partial charge on any atom is -0.385 e. The molecule has 1 aliphatic rings. The van der Waals surface area contributed by atoms with E-state index in [1.54, 1.807) is 7.11 Å². The molecule has 4 heteroatoms. The van der Waals surface area contributed by atoms with Gasteiger partial charge in [0.1, 0.15) is 0 Å². The van der Waals surface area contributed by atoms with Gasteiger partial charge in [0.15, 0.2) is 0 Å². The zero-order valence-corrected chi connectivity index (χ0v) is 12.6. The third-order valence-electron chi connectivity index (χ3n) is 3.93. The van der Waals surface area contributed by atoms with E-state index < -0.39 is 0 Å². The van der Waals surface area contributed by atoms with Gasteiger partial charge in [0.2, 0.25) is 0 Å². The van der Waals surface area contributed by atoms with E-state index in [1.165, 1.54) is 26.1 Å². The first-order valence-electron chi connectivity index (χ1n) is 7.22. The summed E-state index contributed by atoms with van der Waals surface area (Å²) in [6.45, 7) is 9.04. The second kappa shape index (κ2) is 8.86. The van der Waals surface area contributed by atoms with Crippen molar-refractivity contribution < 1.29 is 4.74 Å². The number of nitrogens with one attached hydrogen (secondary N) is 1. The van der Waals surface area contributed by atoms with Gasteiger partial charge in [0, 0.05) is 39.4 Å². The second-order valence-corrected chi connectivity index (χ2v) is 5.76. The molecule has 1 heterocycles. The maximum atomic E-state index is 5.04. The number of rotatable bonds is 9. The first-order chi connectivity index (χ1) is 8.63. The van der Waals surface area contributed by atoms with E-state index in [4.69, 9.17) is 4.74 Å². The summed E-state index contributed by atoms with van der Waals surface area (Å²) in [6, 6.07) is 0.610. The van der Waals surface area contributed by atoms with Gasteiger partial charge >= 0.3 is 0 Å². The Kier molecular flexibility index (Phi) is 7.82. The normalized spacial score (nSPS) is 22.8. The molecule has 2 unspecified atom stereocenters. The molecule has 1 aliphatic heterocycles. The molecule has 0 bridgehead atoms. The predicted molar refractivity (Wildman–Crippen MR) is 77.1 cm³/mol. The van der Waals surface area contributed by atoms with Gasteiger partial charge in [0.05, 0.1) is 0 Å². The van der Waals surface area contributed by atoms with Crippen molar-refractivity contribution in [1.82, 2.24) is 15.1 Å². The molecule has 2 atom stereocenters.